The number of hydrogen-bond donors (Lipinski definition) is 2. The third-order valence-electron chi connectivity index (χ3n) is 3.26. The number of carbonyl (C=O) groups is 1. The van der Waals surface area contributed by atoms with Crippen LogP contribution in [-0.2, 0) is 11.3 Å². The lowest BCUT2D eigenvalue weighted by Gasteiger charge is -2.18. The van der Waals surface area contributed by atoms with E-state index in [1.807, 2.05) is 12.1 Å². The molecule has 1 aromatic carbocycles. The zero-order valence-electron chi connectivity index (χ0n) is 12.2. The van der Waals surface area contributed by atoms with Crippen LogP contribution in [0.25, 0.3) is 0 Å². The summed E-state index contributed by atoms with van der Waals surface area (Å²) in [4.78, 5) is 14.1. The Labute approximate surface area is 124 Å². The highest BCUT2D eigenvalue weighted by Gasteiger charge is 2.09. The summed E-state index contributed by atoms with van der Waals surface area (Å²) in [7, 11) is 0. The van der Waals surface area contributed by atoms with Crippen molar-refractivity contribution in [2.24, 2.45) is 0 Å². The first-order valence-electron chi connectivity index (χ1n) is 7.07. The summed E-state index contributed by atoms with van der Waals surface area (Å²) in [5.74, 6) is 0.911. The Morgan fingerprint density at radius 3 is 2.67 bits per heavy atom. The lowest BCUT2D eigenvalue weighted by Crippen LogP contribution is -2.27. The molecule has 2 rings (SSSR count). The molecular weight excluding hydrogens is 266 g/mol. The Bertz CT molecular complexity index is 549. The van der Waals surface area contributed by atoms with E-state index in [1.165, 1.54) is 0 Å². The molecule has 1 aromatic heterocycles. The van der Waals surface area contributed by atoms with Gasteiger partial charge in [0, 0.05) is 24.3 Å². The summed E-state index contributed by atoms with van der Waals surface area (Å²) in [6.45, 7) is 4.35. The number of nitrogens with one attached hydrogen (secondary N) is 1. The Balaban J connectivity index is 1.78. The molecule has 1 heterocycles. The second-order valence-electron chi connectivity index (χ2n) is 4.87. The van der Waals surface area contributed by atoms with Crippen LogP contribution in [0, 0.1) is 0 Å². The number of furan rings is 1. The average Bonchev–Trinajstić information content (AvgIpc) is 2.99. The van der Waals surface area contributed by atoms with E-state index in [0.717, 1.165) is 24.5 Å². The van der Waals surface area contributed by atoms with E-state index in [0.29, 0.717) is 18.7 Å². The van der Waals surface area contributed by atoms with Crippen molar-refractivity contribution in [3.63, 3.8) is 0 Å². The highest BCUT2D eigenvalue weighted by Crippen LogP contribution is 2.11. The second-order valence-corrected chi connectivity index (χ2v) is 4.87. The van der Waals surface area contributed by atoms with E-state index in [-0.39, 0.29) is 5.91 Å². The van der Waals surface area contributed by atoms with Gasteiger partial charge in [-0.3, -0.25) is 9.69 Å². The van der Waals surface area contributed by atoms with E-state index in [9.17, 15) is 4.79 Å². The average molecular weight is 287 g/mol. The van der Waals surface area contributed by atoms with Gasteiger partial charge in [0.05, 0.1) is 12.8 Å². The van der Waals surface area contributed by atoms with Crippen LogP contribution in [0.3, 0.4) is 0 Å². The van der Waals surface area contributed by atoms with Crippen molar-refractivity contribution >= 4 is 17.3 Å². The van der Waals surface area contributed by atoms with Gasteiger partial charge in [-0.1, -0.05) is 6.92 Å². The van der Waals surface area contributed by atoms with Crippen molar-refractivity contribution in [3.05, 3.63) is 48.4 Å². The van der Waals surface area contributed by atoms with Gasteiger partial charge in [-0.2, -0.15) is 0 Å². The van der Waals surface area contributed by atoms with E-state index < -0.39 is 0 Å². The highest BCUT2D eigenvalue weighted by molar-refractivity contribution is 5.90. The molecule has 0 aliphatic heterocycles. The third kappa shape index (κ3) is 4.96. The fourth-order valence-corrected chi connectivity index (χ4v) is 2.02. The standard InChI is InChI=1S/C16H21N3O2/c1-2-19(12-15-4-3-11-21-15)10-9-16(20)18-14-7-5-13(17)6-8-14/h3-8,11H,2,9-10,12,17H2,1H3,(H,18,20). The van der Waals surface area contributed by atoms with Crippen LogP contribution in [0.5, 0.6) is 0 Å². The van der Waals surface area contributed by atoms with Crippen molar-refractivity contribution in [2.75, 3.05) is 24.1 Å². The number of amides is 1. The first kappa shape index (κ1) is 15.1. The quantitative estimate of drug-likeness (QED) is 0.768. The van der Waals surface area contributed by atoms with Crippen LogP contribution < -0.4 is 11.1 Å². The van der Waals surface area contributed by atoms with E-state index in [4.69, 9.17) is 10.2 Å². The molecule has 2 aromatic rings. The number of carbonyl (C=O) groups excluding carboxylic acids is 1. The molecule has 0 radical (unpaired) electrons. The van der Waals surface area contributed by atoms with Gasteiger partial charge in [0.1, 0.15) is 5.76 Å². The zero-order chi connectivity index (χ0) is 15.1. The van der Waals surface area contributed by atoms with Gasteiger partial charge in [0.15, 0.2) is 0 Å². The van der Waals surface area contributed by atoms with E-state index in [1.54, 1.807) is 30.5 Å². The summed E-state index contributed by atoms with van der Waals surface area (Å²) >= 11 is 0. The molecule has 0 fully saturated rings. The maximum absolute atomic E-state index is 11.9. The fraction of sp³-hybridized carbons (Fsp3) is 0.312. The predicted molar refractivity (Wildman–Crippen MR) is 83.8 cm³/mol. The topological polar surface area (TPSA) is 71.5 Å². The van der Waals surface area contributed by atoms with Crippen molar-refractivity contribution < 1.29 is 9.21 Å². The number of rotatable bonds is 7. The molecule has 112 valence electrons. The minimum Gasteiger partial charge on any atom is -0.468 e. The molecule has 0 atom stereocenters. The molecule has 1 amide bonds. The predicted octanol–water partition coefficient (Wildman–Crippen LogP) is 2.71. The van der Waals surface area contributed by atoms with Crippen LogP contribution >= 0.6 is 0 Å². The lowest BCUT2D eigenvalue weighted by molar-refractivity contribution is -0.116. The summed E-state index contributed by atoms with van der Waals surface area (Å²) < 4.78 is 5.33. The van der Waals surface area contributed by atoms with Crippen molar-refractivity contribution in [2.45, 2.75) is 19.9 Å². The van der Waals surface area contributed by atoms with Gasteiger partial charge in [-0.15, -0.1) is 0 Å². The number of nitrogens with zero attached hydrogens (tertiary/aromatic N) is 1. The van der Waals surface area contributed by atoms with E-state index in [2.05, 4.69) is 17.1 Å². The monoisotopic (exact) mass is 287 g/mol. The SMILES string of the molecule is CCN(CCC(=O)Nc1ccc(N)cc1)Cc1ccco1. The molecule has 0 aliphatic rings. The van der Waals surface area contributed by atoms with Gasteiger partial charge in [0.2, 0.25) is 5.91 Å². The lowest BCUT2D eigenvalue weighted by atomic mass is 10.2. The van der Waals surface area contributed by atoms with E-state index >= 15 is 0 Å². The summed E-state index contributed by atoms with van der Waals surface area (Å²) in [5, 5.41) is 2.86. The van der Waals surface area contributed by atoms with Gasteiger partial charge < -0.3 is 15.5 Å². The second kappa shape index (κ2) is 7.50. The highest BCUT2D eigenvalue weighted by atomic mass is 16.3. The van der Waals surface area contributed by atoms with Gasteiger partial charge in [-0.05, 0) is 42.9 Å². The third-order valence-corrected chi connectivity index (χ3v) is 3.26. The van der Waals surface area contributed by atoms with Gasteiger partial charge in [0.25, 0.3) is 0 Å². The smallest absolute Gasteiger partial charge is 0.225 e. The fourth-order valence-electron chi connectivity index (χ4n) is 2.02. The molecule has 0 saturated carbocycles. The Hall–Kier alpha value is -2.27. The molecule has 0 bridgehead atoms. The first-order valence-corrected chi connectivity index (χ1v) is 7.07. The number of anilines is 2. The van der Waals surface area contributed by atoms with Crippen molar-refractivity contribution in [3.8, 4) is 0 Å². The maximum atomic E-state index is 11.9. The van der Waals surface area contributed by atoms with Crippen LogP contribution in [0.4, 0.5) is 11.4 Å². The first-order chi connectivity index (χ1) is 10.2. The largest absolute Gasteiger partial charge is 0.468 e. The number of benzene rings is 1. The van der Waals surface area contributed by atoms with Crippen LogP contribution in [0.15, 0.2) is 47.1 Å². The number of nitrogen functional groups attached to an aromatic ring is 1. The number of hydrogen-bond acceptors (Lipinski definition) is 4. The molecule has 0 unspecified atom stereocenters. The molecule has 0 saturated heterocycles. The zero-order valence-corrected chi connectivity index (χ0v) is 12.2. The minimum absolute atomic E-state index is 0.00216. The van der Waals surface area contributed by atoms with Gasteiger partial charge >= 0.3 is 0 Å². The summed E-state index contributed by atoms with van der Waals surface area (Å²) in [6, 6.07) is 10.9. The maximum Gasteiger partial charge on any atom is 0.225 e. The van der Waals surface area contributed by atoms with Crippen LogP contribution in [0.1, 0.15) is 19.1 Å². The van der Waals surface area contributed by atoms with Crippen molar-refractivity contribution in [1.29, 1.82) is 0 Å². The Kier molecular flexibility index (Phi) is 5.40. The Morgan fingerprint density at radius 1 is 1.29 bits per heavy atom. The van der Waals surface area contributed by atoms with Gasteiger partial charge in [-0.25, -0.2) is 0 Å². The normalized spacial score (nSPS) is 10.8. The molecule has 5 heteroatoms. The molecule has 0 spiro atoms. The van der Waals surface area contributed by atoms with Crippen LogP contribution in [0.2, 0.25) is 0 Å². The molecule has 0 aliphatic carbocycles. The molecule has 5 nitrogen and oxygen atoms in total. The number of nitrogens with two attached hydrogens (primary N) is 1. The molecule has 21 heavy (non-hydrogen) atoms. The summed E-state index contributed by atoms with van der Waals surface area (Å²) in [5.41, 5.74) is 7.06. The minimum atomic E-state index is -0.00216. The molecular formula is C16H21N3O2. The Morgan fingerprint density at radius 2 is 2.05 bits per heavy atom. The molecule has 3 N–H and O–H groups in total. The van der Waals surface area contributed by atoms with Crippen molar-refractivity contribution in [1.82, 2.24) is 4.90 Å². The summed E-state index contributed by atoms with van der Waals surface area (Å²) in [6.07, 6.45) is 2.11. The van der Waals surface area contributed by atoms with Crippen LogP contribution in [-0.4, -0.2) is 23.9 Å².